The minimum Gasteiger partial charge on any atom is -0.311 e. The zero-order valence-electron chi connectivity index (χ0n) is 10.5. The van der Waals surface area contributed by atoms with Gasteiger partial charge in [-0.2, -0.15) is 5.10 Å². The highest BCUT2D eigenvalue weighted by molar-refractivity contribution is 6.06. The monoisotopic (exact) mass is 260 g/mol. The molecule has 0 saturated heterocycles. The number of nitro benzene ring substituents is 1. The molecule has 1 amide bonds. The summed E-state index contributed by atoms with van der Waals surface area (Å²) in [4.78, 5) is 23.7. The molecular weight excluding hydrogens is 248 g/mol. The molecule has 1 N–H and O–H groups in total. The molecule has 7 heteroatoms. The first-order valence-electron chi connectivity index (χ1n) is 5.53. The molecule has 19 heavy (non-hydrogen) atoms. The Labute approximate surface area is 109 Å². The zero-order valence-corrected chi connectivity index (χ0v) is 10.5. The third kappa shape index (κ3) is 2.44. The van der Waals surface area contributed by atoms with Crippen molar-refractivity contribution < 1.29 is 9.72 Å². The van der Waals surface area contributed by atoms with E-state index in [2.05, 4.69) is 10.2 Å². The average Bonchev–Trinajstić information content (AvgIpc) is 2.83. The number of H-pyrrole nitrogens is 1. The summed E-state index contributed by atoms with van der Waals surface area (Å²) in [6.45, 7) is 1.75. The van der Waals surface area contributed by atoms with E-state index in [4.69, 9.17) is 0 Å². The number of non-ortho nitro benzene ring substituents is 1. The molecule has 0 spiro atoms. The normalized spacial score (nSPS) is 10.2. The lowest BCUT2D eigenvalue weighted by Crippen LogP contribution is -2.26. The number of rotatable bonds is 3. The number of aromatic amines is 1. The maximum absolute atomic E-state index is 12.2. The molecule has 0 saturated carbocycles. The number of nitrogens with one attached hydrogen (secondary N) is 1. The van der Waals surface area contributed by atoms with Gasteiger partial charge in [0.1, 0.15) is 0 Å². The summed E-state index contributed by atoms with van der Waals surface area (Å²) in [5, 5.41) is 17.0. The summed E-state index contributed by atoms with van der Waals surface area (Å²) in [6, 6.07) is 5.79. The fourth-order valence-corrected chi connectivity index (χ4v) is 1.66. The Balaban J connectivity index is 2.24. The molecule has 0 atom stereocenters. The van der Waals surface area contributed by atoms with Crippen LogP contribution in [0.3, 0.4) is 0 Å². The van der Waals surface area contributed by atoms with Crippen LogP contribution in [0, 0.1) is 17.0 Å². The van der Waals surface area contributed by atoms with Gasteiger partial charge in [0, 0.05) is 30.6 Å². The summed E-state index contributed by atoms with van der Waals surface area (Å²) in [6.07, 6.45) is 1.46. The number of anilines is 1. The molecule has 0 aliphatic rings. The van der Waals surface area contributed by atoms with E-state index in [9.17, 15) is 14.9 Å². The highest BCUT2D eigenvalue weighted by atomic mass is 16.6. The third-order valence-corrected chi connectivity index (χ3v) is 2.81. The molecular formula is C12H12N4O3. The molecule has 1 heterocycles. The van der Waals surface area contributed by atoms with E-state index in [0.717, 1.165) is 0 Å². The van der Waals surface area contributed by atoms with E-state index in [1.807, 2.05) is 0 Å². The van der Waals surface area contributed by atoms with Crippen molar-refractivity contribution in [2.45, 2.75) is 6.92 Å². The molecule has 0 radical (unpaired) electrons. The van der Waals surface area contributed by atoms with Gasteiger partial charge in [0.05, 0.1) is 16.7 Å². The molecule has 98 valence electrons. The lowest BCUT2D eigenvalue weighted by atomic mass is 10.2. The Bertz CT molecular complexity index is 618. The predicted molar refractivity (Wildman–Crippen MR) is 69.2 cm³/mol. The van der Waals surface area contributed by atoms with Crippen LogP contribution in [-0.2, 0) is 0 Å². The van der Waals surface area contributed by atoms with Crippen LogP contribution in [0.15, 0.2) is 30.5 Å². The average molecular weight is 260 g/mol. The van der Waals surface area contributed by atoms with Gasteiger partial charge in [0.15, 0.2) is 0 Å². The van der Waals surface area contributed by atoms with Gasteiger partial charge in [-0.05, 0) is 19.1 Å². The molecule has 2 rings (SSSR count). The van der Waals surface area contributed by atoms with Gasteiger partial charge in [-0.15, -0.1) is 0 Å². The molecule has 2 aromatic rings. The van der Waals surface area contributed by atoms with Crippen LogP contribution in [0.5, 0.6) is 0 Å². The molecule has 7 nitrogen and oxygen atoms in total. The summed E-state index contributed by atoms with van der Waals surface area (Å²) in [7, 11) is 1.61. The van der Waals surface area contributed by atoms with Gasteiger partial charge in [-0.1, -0.05) is 0 Å². The zero-order chi connectivity index (χ0) is 14.0. The van der Waals surface area contributed by atoms with Gasteiger partial charge in [-0.25, -0.2) is 0 Å². The Kier molecular flexibility index (Phi) is 3.28. The Morgan fingerprint density at radius 3 is 2.47 bits per heavy atom. The van der Waals surface area contributed by atoms with Crippen LogP contribution in [0.2, 0.25) is 0 Å². The fraction of sp³-hybridized carbons (Fsp3) is 0.167. The van der Waals surface area contributed by atoms with Crippen LogP contribution < -0.4 is 4.90 Å². The van der Waals surface area contributed by atoms with Crippen molar-refractivity contribution in [2.24, 2.45) is 0 Å². The van der Waals surface area contributed by atoms with Crippen molar-refractivity contribution >= 4 is 17.3 Å². The number of amides is 1. The maximum atomic E-state index is 12.2. The topological polar surface area (TPSA) is 92.1 Å². The second-order valence-electron chi connectivity index (χ2n) is 4.05. The number of hydrogen-bond donors (Lipinski definition) is 1. The number of carbonyl (C=O) groups is 1. The first-order chi connectivity index (χ1) is 9.00. The van der Waals surface area contributed by atoms with E-state index in [0.29, 0.717) is 16.9 Å². The second kappa shape index (κ2) is 4.89. The minimum absolute atomic E-state index is 0.0101. The standard InChI is InChI=1S/C12H12N4O3/c1-8-11(7-13-14-8)12(17)15(2)9-3-5-10(6-4-9)16(18)19/h3-7H,1-2H3,(H,13,14). The quantitative estimate of drug-likeness (QED) is 0.673. The van der Waals surface area contributed by atoms with Crippen LogP contribution in [0.25, 0.3) is 0 Å². The molecule has 0 bridgehead atoms. The molecule has 0 fully saturated rings. The van der Waals surface area contributed by atoms with E-state index in [-0.39, 0.29) is 11.6 Å². The van der Waals surface area contributed by atoms with Crippen molar-refractivity contribution in [1.29, 1.82) is 0 Å². The Morgan fingerprint density at radius 1 is 1.37 bits per heavy atom. The van der Waals surface area contributed by atoms with Gasteiger partial charge < -0.3 is 4.90 Å². The fourth-order valence-electron chi connectivity index (χ4n) is 1.66. The summed E-state index contributed by atoms with van der Waals surface area (Å²) >= 11 is 0. The van der Waals surface area contributed by atoms with Crippen LogP contribution >= 0.6 is 0 Å². The lowest BCUT2D eigenvalue weighted by Gasteiger charge is -2.16. The number of nitrogens with zero attached hydrogens (tertiary/aromatic N) is 3. The number of nitro groups is 1. The van der Waals surface area contributed by atoms with Gasteiger partial charge in [-0.3, -0.25) is 20.0 Å². The molecule has 1 aromatic heterocycles. The third-order valence-electron chi connectivity index (χ3n) is 2.81. The lowest BCUT2D eigenvalue weighted by molar-refractivity contribution is -0.384. The molecule has 1 aromatic carbocycles. The minimum atomic E-state index is -0.480. The maximum Gasteiger partial charge on any atom is 0.269 e. The van der Waals surface area contributed by atoms with Crippen LogP contribution in [0.1, 0.15) is 16.1 Å². The number of hydrogen-bond acceptors (Lipinski definition) is 4. The Morgan fingerprint density at radius 2 is 2.00 bits per heavy atom. The predicted octanol–water partition coefficient (Wildman–Crippen LogP) is 1.90. The molecule has 0 aliphatic heterocycles. The van der Waals surface area contributed by atoms with Crippen molar-refractivity contribution in [3.8, 4) is 0 Å². The molecule has 0 unspecified atom stereocenters. The van der Waals surface area contributed by atoms with Crippen molar-refractivity contribution in [3.05, 3.63) is 51.8 Å². The SMILES string of the molecule is Cc1[nH]ncc1C(=O)N(C)c1ccc([N+](=O)[O-])cc1. The van der Waals surface area contributed by atoms with Crippen LogP contribution in [0.4, 0.5) is 11.4 Å². The van der Waals surface area contributed by atoms with E-state index in [1.54, 1.807) is 14.0 Å². The Hall–Kier alpha value is -2.70. The van der Waals surface area contributed by atoms with Gasteiger partial charge >= 0.3 is 0 Å². The van der Waals surface area contributed by atoms with Crippen molar-refractivity contribution in [2.75, 3.05) is 11.9 Å². The van der Waals surface area contributed by atoms with Crippen molar-refractivity contribution in [1.82, 2.24) is 10.2 Å². The second-order valence-corrected chi connectivity index (χ2v) is 4.05. The number of aromatic nitrogens is 2. The van der Waals surface area contributed by atoms with E-state index >= 15 is 0 Å². The van der Waals surface area contributed by atoms with E-state index < -0.39 is 4.92 Å². The first-order valence-corrected chi connectivity index (χ1v) is 5.53. The van der Waals surface area contributed by atoms with Gasteiger partial charge in [0.2, 0.25) is 0 Å². The van der Waals surface area contributed by atoms with Gasteiger partial charge in [0.25, 0.3) is 11.6 Å². The number of aryl methyl sites for hydroxylation is 1. The summed E-state index contributed by atoms with van der Waals surface area (Å²) < 4.78 is 0. The van der Waals surface area contributed by atoms with E-state index in [1.165, 1.54) is 35.4 Å². The highest BCUT2D eigenvalue weighted by Crippen LogP contribution is 2.20. The highest BCUT2D eigenvalue weighted by Gasteiger charge is 2.17. The molecule has 0 aliphatic carbocycles. The largest absolute Gasteiger partial charge is 0.311 e. The van der Waals surface area contributed by atoms with Crippen LogP contribution in [-0.4, -0.2) is 28.1 Å². The number of carbonyl (C=O) groups excluding carboxylic acids is 1. The van der Waals surface area contributed by atoms with Crippen molar-refractivity contribution in [3.63, 3.8) is 0 Å². The number of benzene rings is 1. The smallest absolute Gasteiger partial charge is 0.269 e. The summed E-state index contributed by atoms with van der Waals surface area (Å²) in [5.74, 6) is -0.222. The first kappa shape index (κ1) is 12.7. The summed E-state index contributed by atoms with van der Waals surface area (Å²) in [5.41, 5.74) is 1.72.